The summed E-state index contributed by atoms with van der Waals surface area (Å²) in [6, 6.07) is 0.322. The lowest BCUT2D eigenvalue weighted by Crippen LogP contribution is -2.48. The Hall–Kier alpha value is -0.810. The number of nitrogens with two attached hydrogens (primary N) is 1. The Morgan fingerprint density at radius 1 is 1.67 bits per heavy atom. The summed E-state index contributed by atoms with van der Waals surface area (Å²) < 4.78 is 10.8. The lowest BCUT2D eigenvalue weighted by atomic mass is 10.1. The Bertz CT molecular complexity index is 239. The van der Waals surface area contributed by atoms with Gasteiger partial charge in [-0.15, -0.1) is 0 Å². The molecule has 15 heavy (non-hydrogen) atoms. The highest BCUT2D eigenvalue weighted by Gasteiger charge is 2.34. The summed E-state index contributed by atoms with van der Waals surface area (Å²) >= 11 is 0. The number of aliphatic imine (C=N–C) groups is 1. The highest BCUT2D eigenvalue weighted by atomic mass is 16.5. The van der Waals surface area contributed by atoms with E-state index in [4.69, 9.17) is 15.2 Å². The molecule has 0 radical (unpaired) electrons. The van der Waals surface area contributed by atoms with Gasteiger partial charge in [0.25, 0.3) is 0 Å². The Balaban J connectivity index is 1.93. The smallest absolute Gasteiger partial charge is 0.191 e. The van der Waals surface area contributed by atoms with Crippen molar-refractivity contribution in [2.24, 2.45) is 10.7 Å². The van der Waals surface area contributed by atoms with Crippen LogP contribution in [0.1, 0.15) is 12.8 Å². The van der Waals surface area contributed by atoms with Crippen LogP contribution in [0.25, 0.3) is 0 Å². The molecule has 2 heterocycles. The molecule has 2 unspecified atom stereocenters. The van der Waals surface area contributed by atoms with E-state index in [9.17, 15) is 0 Å². The molecular weight excluding hydrogens is 194 g/mol. The van der Waals surface area contributed by atoms with Gasteiger partial charge in [-0.2, -0.15) is 0 Å². The van der Waals surface area contributed by atoms with Crippen molar-refractivity contribution in [3.8, 4) is 0 Å². The maximum atomic E-state index is 5.84. The third kappa shape index (κ3) is 2.23. The first-order chi connectivity index (χ1) is 7.33. The average Bonchev–Trinajstić information content (AvgIpc) is 2.84. The van der Waals surface area contributed by atoms with Crippen molar-refractivity contribution >= 4 is 5.96 Å². The second kappa shape index (κ2) is 4.81. The molecule has 2 aliphatic rings. The van der Waals surface area contributed by atoms with Crippen molar-refractivity contribution in [1.29, 1.82) is 0 Å². The maximum Gasteiger partial charge on any atom is 0.191 e. The monoisotopic (exact) mass is 213 g/mol. The molecule has 0 aromatic carbocycles. The Labute approximate surface area is 90.2 Å². The van der Waals surface area contributed by atoms with E-state index in [2.05, 4.69) is 9.89 Å². The molecule has 2 atom stereocenters. The van der Waals surface area contributed by atoms with Gasteiger partial charge in [-0.25, -0.2) is 0 Å². The lowest BCUT2D eigenvalue weighted by Gasteiger charge is -2.29. The fourth-order valence-electron chi connectivity index (χ4n) is 2.24. The highest BCUT2D eigenvalue weighted by molar-refractivity contribution is 5.80. The average molecular weight is 213 g/mol. The van der Waals surface area contributed by atoms with Gasteiger partial charge in [-0.3, -0.25) is 4.99 Å². The minimum Gasteiger partial charge on any atom is -0.383 e. The molecule has 2 aliphatic heterocycles. The van der Waals surface area contributed by atoms with Gasteiger partial charge in [0.1, 0.15) is 0 Å². The van der Waals surface area contributed by atoms with Crippen molar-refractivity contribution in [2.45, 2.75) is 25.0 Å². The Kier molecular flexibility index (Phi) is 3.43. The van der Waals surface area contributed by atoms with Crippen LogP contribution in [-0.4, -0.2) is 56.4 Å². The topological polar surface area (TPSA) is 60.1 Å². The number of methoxy groups -OCH3 is 1. The third-order valence-corrected chi connectivity index (χ3v) is 3.07. The second-order valence-corrected chi connectivity index (χ2v) is 4.00. The summed E-state index contributed by atoms with van der Waals surface area (Å²) in [6.45, 7) is 3.12. The lowest BCUT2D eigenvalue weighted by molar-refractivity contribution is 0.0501. The zero-order chi connectivity index (χ0) is 10.7. The molecule has 5 heteroatoms. The fraction of sp³-hybridized carbons (Fsp3) is 0.900. The van der Waals surface area contributed by atoms with E-state index in [0.29, 0.717) is 24.7 Å². The van der Waals surface area contributed by atoms with Crippen LogP contribution in [0, 0.1) is 0 Å². The van der Waals surface area contributed by atoms with E-state index in [1.807, 2.05) is 0 Å². The molecule has 1 fully saturated rings. The summed E-state index contributed by atoms with van der Waals surface area (Å²) in [5.74, 6) is 0.632. The quantitative estimate of drug-likeness (QED) is 0.703. The van der Waals surface area contributed by atoms with Crippen LogP contribution in [0.15, 0.2) is 4.99 Å². The van der Waals surface area contributed by atoms with Crippen LogP contribution in [0.5, 0.6) is 0 Å². The first kappa shape index (κ1) is 10.7. The zero-order valence-electron chi connectivity index (χ0n) is 9.19. The predicted octanol–water partition coefficient (Wildman–Crippen LogP) is -0.189. The molecule has 5 nitrogen and oxygen atoms in total. The van der Waals surface area contributed by atoms with E-state index < -0.39 is 0 Å². The van der Waals surface area contributed by atoms with Gasteiger partial charge in [0.05, 0.1) is 25.3 Å². The zero-order valence-corrected chi connectivity index (χ0v) is 9.19. The van der Waals surface area contributed by atoms with Crippen molar-refractivity contribution < 1.29 is 9.47 Å². The largest absolute Gasteiger partial charge is 0.383 e. The minimum atomic E-state index is 0.298. The predicted molar refractivity (Wildman–Crippen MR) is 57.8 cm³/mol. The molecular formula is C10H19N3O2. The van der Waals surface area contributed by atoms with E-state index in [-0.39, 0.29) is 0 Å². The van der Waals surface area contributed by atoms with Gasteiger partial charge >= 0.3 is 0 Å². The molecule has 0 amide bonds. The maximum absolute atomic E-state index is 5.84. The SMILES string of the molecule is COCCN1C(N)=NCC1C1CCCO1. The van der Waals surface area contributed by atoms with Gasteiger partial charge in [-0.1, -0.05) is 0 Å². The number of nitrogens with zero attached hydrogens (tertiary/aromatic N) is 2. The van der Waals surface area contributed by atoms with Crippen LogP contribution in [0.4, 0.5) is 0 Å². The van der Waals surface area contributed by atoms with Crippen molar-refractivity contribution in [1.82, 2.24) is 4.90 Å². The first-order valence-electron chi connectivity index (χ1n) is 5.50. The van der Waals surface area contributed by atoms with Crippen molar-refractivity contribution in [3.05, 3.63) is 0 Å². The number of hydrogen-bond donors (Lipinski definition) is 1. The van der Waals surface area contributed by atoms with Gasteiger partial charge in [0.2, 0.25) is 0 Å². The normalized spacial score (nSPS) is 31.0. The van der Waals surface area contributed by atoms with E-state index in [1.54, 1.807) is 7.11 Å². The molecule has 0 aromatic rings. The van der Waals surface area contributed by atoms with E-state index in [1.165, 1.54) is 0 Å². The van der Waals surface area contributed by atoms with Gasteiger partial charge in [0, 0.05) is 20.3 Å². The van der Waals surface area contributed by atoms with Crippen molar-refractivity contribution in [2.75, 3.05) is 33.4 Å². The molecule has 86 valence electrons. The second-order valence-electron chi connectivity index (χ2n) is 4.00. The van der Waals surface area contributed by atoms with Crippen LogP contribution in [0.3, 0.4) is 0 Å². The number of ether oxygens (including phenoxy) is 2. The molecule has 1 saturated heterocycles. The summed E-state index contributed by atoms with van der Waals surface area (Å²) in [5.41, 5.74) is 5.84. The summed E-state index contributed by atoms with van der Waals surface area (Å²) in [7, 11) is 1.70. The fourth-order valence-corrected chi connectivity index (χ4v) is 2.24. The first-order valence-corrected chi connectivity index (χ1v) is 5.50. The van der Waals surface area contributed by atoms with Gasteiger partial charge < -0.3 is 20.1 Å². The number of guanidine groups is 1. The summed E-state index contributed by atoms with van der Waals surface area (Å²) in [6.07, 6.45) is 2.57. The molecule has 0 aromatic heterocycles. The molecule has 0 saturated carbocycles. The van der Waals surface area contributed by atoms with Crippen LogP contribution in [0.2, 0.25) is 0 Å². The van der Waals surface area contributed by atoms with Crippen LogP contribution >= 0.6 is 0 Å². The minimum absolute atomic E-state index is 0.298. The summed E-state index contributed by atoms with van der Waals surface area (Å²) in [4.78, 5) is 6.39. The molecule has 0 aliphatic carbocycles. The standard InChI is InChI=1S/C10H19N3O2/c1-14-6-4-13-8(7-12-10(13)11)9-3-2-5-15-9/h8-9H,2-7H2,1H3,(H2,11,12). The summed E-state index contributed by atoms with van der Waals surface area (Å²) in [5, 5.41) is 0. The van der Waals surface area contributed by atoms with Crippen molar-refractivity contribution in [3.63, 3.8) is 0 Å². The Morgan fingerprint density at radius 2 is 2.53 bits per heavy atom. The number of hydrogen-bond acceptors (Lipinski definition) is 5. The molecule has 2 rings (SSSR count). The molecule has 0 bridgehead atoms. The molecule has 2 N–H and O–H groups in total. The number of rotatable bonds is 4. The van der Waals surface area contributed by atoms with E-state index in [0.717, 1.165) is 32.5 Å². The van der Waals surface area contributed by atoms with Gasteiger partial charge in [0.15, 0.2) is 5.96 Å². The van der Waals surface area contributed by atoms with E-state index >= 15 is 0 Å². The Morgan fingerprint density at radius 3 is 3.20 bits per heavy atom. The third-order valence-electron chi connectivity index (χ3n) is 3.07. The van der Waals surface area contributed by atoms with Crippen LogP contribution in [-0.2, 0) is 9.47 Å². The van der Waals surface area contributed by atoms with Crippen LogP contribution < -0.4 is 5.73 Å². The molecule has 0 spiro atoms. The highest BCUT2D eigenvalue weighted by Crippen LogP contribution is 2.22. The van der Waals surface area contributed by atoms with Gasteiger partial charge in [-0.05, 0) is 12.8 Å².